The molecular weight excluding hydrogens is 214 g/mol. The molecule has 0 heterocycles. The van der Waals surface area contributed by atoms with Crippen molar-refractivity contribution < 1.29 is 0 Å². The monoisotopic (exact) mass is 235 g/mol. The average Bonchev–Trinajstić information content (AvgIpc) is 3.10. The van der Waals surface area contributed by atoms with Gasteiger partial charge in [0, 0.05) is 11.4 Å². The van der Waals surface area contributed by atoms with Crippen molar-refractivity contribution in [1.82, 2.24) is 4.90 Å². The Morgan fingerprint density at radius 2 is 2.19 bits per heavy atom. The van der Waals surface area contributed by atoms with Crippen molar-refractivity contribution in [3.05, 3.63) is 29.8 Å². The van der Waals surface area contributed by atoms with Crippen molar-refractivity contribution in [3.8, 4) is 0 Å². The van der Waals surface area contributed by atoms with Gasteiger partial charge >= 0.3 is 0 Å². The van der Waals surface area contributed by atoms with Gasteiger partial charge in [0.1, 0.15) is 0 Å². The minimum absolute atomic E-state index is 1.04. The molecule has 0 aromatic heterocycles. The number of rotatable bonds is 6. The van der Waals surface area contributed by atoms with E-state index in [0.717, 1.165) is 12.5 Å². The van der Waals surface area contributed by atoms with Gasteiger partial charge < -0.3 is 4.90 Å². The Bertz CT molecular complexity index is 333. The molecular formula is C14H21NS. The molecule has 0 amide bonds. The van der Waals surface area contributed by atoms with Crippen LogP contribution < -0.4 is 0 Å². The van der Waals surface area contributed by atoms with Gasteiger partial charge in [0.05, 0.1) is 0 Å². The molecule has 0 saturated heterocycles. The topological polar surface area (TPSA) is 3.24 Å². The van der Waals surface area contributed by atoms with Gasteiger partial charge in [-0.05, 0) is 49.9 Å². The molecule has 88 valence electrons. The zero-order valence-corrected chi connectivity index (χ0v) is 11.1. The van der Waals surface area contributed by atoms with E-state index in [2.05, 4.69) is 42.5 Å². The molecule has 1 aliphatic carbocycles. The first-order valence-electron chi connectivity index (χ1n) is 6.09. The van der Waals surface area contributed by atoms with Gasteiger partial charge in [-0.3, -0.25) is 0 Å². The van der Waals surface area contributed by atoms with Crippen LogP contribution in [0.2, 0.25) is 0 Å². The molecule has 1 saturated carbocycles. The third kappa shape index (κ3) is 3.84. The van der Waals surface area contributed by atoms with E-state index in [1.807, 2.05) is 11.8 Å². The quantitative estimate of drug-likeness (QED) is 0.693. The molecule has 16 heavy (non-hydrogen) atoms. The Morgan fingerprint density at radius 3 is 2.88 bits per heavy atom. The third-order valence-electron chi connectivity index (χ3n) is 3.20. The van der Waals surface area contributed by atoms with E-state index in [1.165, 1.54) is 36.3 Å². The Morgan fingerprint density at radius 1 is 1.38 bits per heavy atom. The van der Waals surface area contributed by atoms with Gasteiger partial charge in [-0.2, -0.15) is 0 Å². The molecule has 0 bridgehead atoms. The average molecular weight is 235 g/mol. The number of hydrogen-bond donors (Lipinski definition) is 0. The van der Waals surface area contributed by atoms with Crippen LogP contribution in [0.1, 0.15) is 24.8 Å². The van der Waals surface area contributed by atoms with E-state index in [-0.39, 0.29) is 0 Å². The standard InChI is InChI=1S/C14H21NS/c1-15(9-8-12-6-7-12)11-13-4-3-5-14(10-13)16-2/h3-5,10,12H,6-9,11H2,1-2H3. The molecule has 1 fully saturated rings. The van der Waals surface area contributed by atoms with Crippen LogP contribution in [0.5, 0.6) is 0 Å². The molecule has 0 unspecified atom stereocenters. The van der Waals surface area contributed by atoms with E-state index in [1.54, 1.807) is 0 Å². The highest BCUT2D eigenvalue weighted by atomic mass is 32.2. The van der Waals surface area contributed by atoms with Crippen LogP contribution in [0.3, 0.4) is 0 Å². The van der Waals surface area contributed by atoms with Crippen molar-refractivity contribution in [3.63, 3.8) is 0 Å². The van der Waals surface area contributed by atoms with E-state index in [4.69, 9.17) is 0 Å². The van der Waals surface area contributed by atoms with Crippen LogP contribution in [-0.2, 0) is 6.54 Å². The van der Waals surface area contributed by atoms with E-state index in [9.17, 15) is 0 Å². The molecule has 0 aliphatic heterocycles. The summed E-state index contributed by atoms with van der Waals surface area (Å²) in [5, 5.41) is 0. The predicted octanol–water partition coefficient (Wildman–Crippen LogP) is 3.64. The van der Waals surface area contributed by atoms with Crippen LogP contribution in [0.25, 0.3) is 0 Å². The van der Waals surface area contributed by atoms with Crippen LogP contribution >= 0.6 is 11.8 Å². The lowest BCUT2D eigenvalue weighted by Crippen LogP contribution is -2.19. The molecule has 0 radical (unpaired) electrons. The summed E-state index contributed by atoms with van der Waals surface area (Å²) >= 11 is 1.82. The Hall–Kier alpha value is -0.470. The molecule has 0 spiro atoms. The lowest BCUT2D eigenvalue weighted by molar-refractivity contribution is 0.315. The first kappa shape index (κ1) is 12.0. The summed E-state index contributed by atoms with van der Waals surface area (Å²) < 4.78 is 0. The highest BCUT2D eigenvalue weighted by Crippen LogP contribution is 2.32. The molecule has 1 aliphatic rings. The largest absolute Gasteiger partial charge is 0.302 e. The number of benzene rings is 1. The van der Waals surface area contributed by atoms with Gasteiger partial charge in [0.25, 0.3) is 0 Å². The highest BCUT2D eigenvalue weighted by Gasteiger charge is 2.20. The van der Waals surface area contributed by atoms with Crippen LogP contribution in [-0.4, -0.2) is 24.7 Å². The lowest BCUT2D eigenvalue weighted by atomic mass is 10.2. The summed E-state index contributed by atoms with van der Waals surface area (Å²) in [6, 6.07) is 8.87. The van der Waals surface area contributed by atoms with Gasteiger partial charge in [0.2, 0.25) is 0 Å². The van der Waals surface area contributed by atoms with Crippen molar-refractivity contribution in [2.45, 2.75) is 30.7 Å². The molecule has 0 atom stereocenters. The van der Waals surface area contributed by atoms with E-state index < -0.39 is 0 Å². The van der Waals surface area contributed by atoms with E-state index in [0.29, 0.717) is 0 Å². The van der Waals surface area contributed by atoms with Crippen LogP contribution in [0, 0.1) is 5.92 Å². The first-order chi connectivity index (χ1) is 7.78. The van der Waals surface area contributed by atoms with Crippen molar-refractivity contribution in [2.75, 3.05) is 19.8 Å². The van der Waals surface area contributed by atoms with Gasteiger partial charge in [-0.15, -0.1) is 11.8 Å². The summed E-state index contributed by atoms with van der Waals surface area (Å²) in [6.07, 6.45) is 6.46. The lowest BCUT2D eigenvalue weighted by Gasteiger charge is -2.16. The highest BCUT2D eigenvalue weighted by molar-refractivity contribution is 7.98. The molecule has 2 rings (SSSR count). The second kappa shape index (κ2) is 5.74. The summed E-state index contributed by atoms with van der Waals surface area (Å²) in [7, 11) is 2.23. The maximum atomic E-state index is 2.44. The maximum Gasteiger partial charge on any atom is 0.0231 e. The third-order valence-corrected chi connectivity index (χ3v) is 3.93. The molecule has 1 nitrogen and oxygen atoms in total. The Labute approximate surface area is 103 Å². The van der Waals surface area contributed by atoms with Gasteiger partial charge in [-0.25, -0.2) is 0 Å². The molecule has 0 N–H and O–H groups in total. The van der Waals surface area contributed by atoms with Crippen LogP contribution in [0.15, 0.2) is 29.2 Å². The van der Waals surface area contributed by atoms with Crippen LogP contribution in [0.4, 0.5) is 0 Å². The first-order valence-corrected chi connectivity index (χ1v) is 7.32. The fourth-order valence-corrected chi connectivity index (χ4v) is 2.45. The SMILES string of the molecule is CSc1cccc(CN(C)CCC2CC2)c1. The summed E-state index contributed by atoms with van der Waals surface area (Å²) in [6.45, 7) is 2.33. The minimum atomic E-state index is 1.04. The predicted molar refractivity (Wildman–Crippen MR) is 71.9 cm³/mol. The second-order valence-electron chi connectivity index (χ2n) is 4.82. The van der Waals surface area contributed by atoms with Crippen molar-refractivity contribution in [1.29, 1.82) is 0 Å². The molecule has 1 aromatic rings. The van der Waals surface area contributed by atoms with Crippen molar-refractivity contribution in [2.24, 2.45) is 5.92 Å². The minimum Gasteiger partial charge on any atom is -0.302 e. The molecule has 2 heteroatoms. The zero-order chi connectivity index (χ0) is 11.4. The zero-order valence-electron chi connectivity index (χ0n) is 10.3. The summed E-state index contributed by atoms with van der Waals surface area (Å²) in [5.74, 6) is 1.04. The number of thioether (sulfide) groups is 1. The smallest absolute Gasteiger partial charge is 0.0231 e. The summed E-state index contributed by atoms with van der Waals surface area (Å²) in [4.78, 5) is 3.81. The fourth-order valence-electron chi connectivity index (χ4n) is 1.97. The van der Waals surface area contributed by atoms with Gasteiger partial charge in [-0.1, -0.05) is 25.0 Å². The number of nitrogens with zero attached hydrogens (tertiary/aromatic N) is 1. The van der Waals surface area contributed by atoms with Crippen molar-refractivity contribution >= 4 is 11.8 Å². The van der Waals surface area contributed by atoms with E-state index >= 15 is 0 Å². The normalized spacial score (nSPS) is 15.7. The fraction of sp³-hybridized carbons (Fsp3) is 0.571. The maximum absolute atomic E-state index is 2.44. The summed E-state index contributed by atoms with van der Waals surface area (Å²) in [5.41, 5.74) is 1.44. The van der Waals surface area contributed by atoms with Gasteiger partial charge in [0.15, 0.2) is 0 Å². The number of hydrogen-bond acceptors (Lipinski definition) is 2. The Kier molecular flexibility index (Phi) is 4.30. The Balaban J connectivity index is 1.81. The molecule has 1 aromatic carbocycles. The second-order valence-corrected chi connectivity index (χ2v) is 5.70.